The first kappa shape index (κ1) is 19.1. The molecule has 2 aromatic carbocycles. The lowest BCUT2D eigenvalue weighted by Crippen LogP contribution is -2.20. The molecule has 0 aliphatic carbocycles. The van der Waals surface area contributed by atoms with Crippen molar-refractivity contribution in [1.82, 2.24) is 4.90 Å². The number of amides is 2. The van der Waals surface area contributed by atoms with Crippen LogP contribution in [0.3, 0.4) is 0 Å². The third kappa shape index (κ3) is 5.66. The topological polar surface area (TPSA) is 75.4 Å². The molecule has 0 atom stereocenters. The Kier molecular flexibility index (Phi) is 6.60. The van der Waals surface area contributed by atoms with E-state index in [1.807, 2.05) is 36.4 Å². The molecular formula is C22H27N3O2. The van der Waals surface area contributed by atoms with E-state index in [-0.39, 0.29) is 5.91 Å². The fraction of sp³-hybridized carbons (Fsp3) is 0.364. The van der Waals surface area contributed by atoms with Crippen molar-refractivity contribution in [1.29, 1.82) is 0 Å². The van der Waals surface area contributed by atoms with Gasteiger partial charge in [-0.2, -0.15) is 0 Å². The van der Waals surface area contributed by atoms with Crippen molar-refractivity contribution in [3.8, 4) is 11.1 Å². The summed E-state index contributed by atoms with van der Waals surface area (Å²) in [7, 11) is 0. The van der Waals surface area contributed by atoms with Gasteiger partial charge in [0.1, 0.15) is 0 Å². The number of unbranched alkanes of at least 4 members (excludes halogenated alkanes) is 1. The minimum absolute atomic E-state index is 0.0555. The standard InChI is InChI=1S/C22H27N3O2/c23-22(27)19-7-5-6-18(16-19)17-9-11-20(12-10-17)24-21(26)8-1-2-13-25-14-3-4-15-25/h5-7,9-12,16H,1-4,8,13-15H2,(H2,23,27)(H,24,26). The van der Waals surface area contributed by atoms with E-state index >= 15 is 0 Å². The highest BCUT2D eigenvalue weighted by atomic mass is 16.1. The Morgan fingerprint density at radius 1 is 0.963 bits per heavy atom. The fourth-order valence-electron chi connectivity index (χ4n) is 3.45. The second kappa shape index (κ2) is 9.33. The summed E-state index contributed by atoms with van der Waals surface area (Å²) < 4.78 is 0. The second-order valence-electron chi connectivity index (χ2n) is 7.08. The van der Waals surface area contributed by atoms with Crippen molar-refractivity contribution in [3.63, 3.8) is 0 Å². The molecule has 0 bridgehead atoms. The lowest BCUT2D eigenvalue weighted by Gasteiger charge is -2.13. The molecule has 0 spiro atoms. The van der Waals surface area contributed by atoms with Crippen LogP contribution in [0.2, 0.25) is 0 Å². The zero-order valence-electron chi connectivity index (χ0n) is 15.6. The van der Waals surface area contributed by atoms with Crippen molar-refractivity contribution in [2.75, 3.05) is 25.0 Å². The van der Waals surface area contributed by atoms with E-state index in [0.717, 1.165) is 36.2 Å². The summed E-state index contributed by atoms with van der Waals surface area (Å²) in [6.07, 6.45) is 5.16. The van der Waals surface area contributed by atoms with Crippen LogP contribution in [0, 0.1) is 0 Å². The molecule has 27 heavy (non-hydrogen) atoms. The van der Waals surface area contributed by atoms with Crippen LogP contribution >= 0.6 is 0 Å². The van der Waals surface area contributed by atoms with Gasteiger partial charge >= 0.3 is 0 Å². The third-order valence-corrected chi connectivity index (χ3v) is 4.98. The number of anilines is 1. The van der Waals surface area contributed by atoms with Crippen molar-refractivity contribution in [3.05, 3.63) is 54.1 Å². The molecule has 3 rings (SSSR count). The summed E-state index contributed by atoms with van der Waals surface area (Å²) in [4.78, 5) is 25.9. The number of likely N-dealkylation sites (tertiary alicyclic amines) is 1. The predicted molar refractivity (Wildman–Crippen MR) is 109 cm³/mol. The summed E-state index contributed by atoms with van der Waals surface area (Å²) in [6.45, 7) is 3.52. The first-order chi connectivity index (χ1) is 13.1. The highest BCUT2D eigenvalue weighted by Gasteiger charge is 2.11. The molecule has 0 aromatic heterocycles. The van der Waals surface area contributed by atoms with Crippen molar-refractivity contribution in [2.24, 2.45) is 5.73 Å². The van der Waals surface area contributed by atoms with Gasteiger partial charge in [-0.3, -0.25) is 9.59 Å². The van der Waals surface area contributed by atoms with Crippen LogP contribution < -0.4 is 11.1 Å². The average Bonchev–Trinajstić information content (AvgIpc) is 3.19. The van der Waals surface area contributed by atoms with E-state index < -0.39 is 5.91 Å². The van der Waals surface area contributed by atoms with E-state index in [1.165, 1.54) is 25.9 Å². The minimum atomic E-state index is -0.439. The maximum Gasteiger partial charge on any atom is 0.248 e. The fourth-order valence-corrected chi connectivity index (χ4v) is 3.45. The van der Waals surface area contributed by atoms with Gasteiger partial charge in [0.2, 0.25) is 11.8 Å². The number of benzene rings is 2. The van der Waals surface area contributed by atoms with Gasteiger partial charge in [-0.15, -0.1) is 0 Å². The number of carbonyl (C=O) groups is 2. The molecule has 3 N–H and O–H groups in total. The molecule has 1 heterocycles. The number of rotatable bonds is 8. The maximum absolute atomic E-state index is 12.1. The van der Waals surface area contributed by atoms with Gasteiger partial charge < -0.3 is 16.0 Å². The van der Waals surface area contributed by atoms with E-state index in [9.17, 15) is 9.59 Å². The van der Waals surface area contributed by atoms with Crippen LogP contribution in [0.5, 0.6) is 0 Å². The molecule has 0 saturated carbocycles. The Balaban J connectivity index is 1.47. The van der Waals surface area contributed by atoms with Gasteiger partial charge in [-0.25, -0.2) is 0 Å². The molecule has 5 nitrogen and oxygen atoms in total. The lowest BCUT2D eigenvalue weighted by molar-refractivity contribution is -0.116. The number of nitrogens with two attached hydrogens (primary N) is 1. The van der Waals surface area contributed by atoms with Crippen LogP contribution in [0.15, 0.2) is 48.5 Å². The van der Waals surface area contributed by atoms with Gasteiger partial charge in [0.05, 0.1) is 0 Å². The maximum atomic E-state index is 12.1. The van der Waals surface area contributed by atoms with Crippen molar-refractivity contribution in [2.45, 2.75) is 32.1 Å². The van der Waals surface area contributed by atoms with E-state index in [4.69, 9.17) is 5.73 Å². The number of primary amides is 1. The highest BCUT2D eigenvalue weighted by molar-refractivity contribution is 5.94. The molecule has 1 aliphatic rings. The third-order valence-electron chi connectivity index (χ3n) is 4.98. The summed E-state index contributed by atoms with van der Waals surface area (Å²) in [5.41, 5.74) is 8.50. The van der Waals surface area contributed by atoms with E-state index in [0.29, 0.717) is 12.0 Å². The molecule has 1 aliphatic heterocycles. The highest BCUT2D eigenvalue weighted by Crippen LogP contribution is 2.22. The first-order valence-electron chi connectivity index (χ1n) is 9.64. The minimum Gasteiger partial charge on any atom is -0.366 e. The Labute approximate surface area is 160 Å². The number of carbonyl (C=O) groups excluding carboxylic acids is 2. The Morgan fingerprint density at radius 3 is 2.41 bits per heavy atom. The molecular weight excluding hydrogens is 338 g/mol. The lowest BCUT2D eigenvalue weighted by atomic mass is 10.0. The van der Waals surface area contributed by atoms with Crippen LogP contribution in [-0.2, 0) is 4.79 Å². The number of hydrogen-bond acceptors (Lipinski definition) is 3. The number of hydrogen-bond donors (Lipinski definition) is 2. The van der Waals surface area contributed by atoms with E-state index in [2.05, 4.69) is 10.2 Å². The van der Waals surface area contributed by atoms with Crippen LogP contribution in [-0.4, -0.2) is 36.3 Å². The molecule has 2 aromatic rings. The van der Waals surface area contributed by atoms with E-state index in [1.54, 1.807) is 12.1 Å². The number of nitrogens with one attached hydrogen (secondary N) is 1. The van der Waals surface area contributed by atoms with Gasteiger partial charge in [-0.1, -0.05) is 24.3 Å². The first-order valence-corrected chi connectivity index (χ1v) is 9.64. The SMILES string of the molecule is NC(=O)c1cccc(-c2ccc(NC(=O)CCCCN3CCCC3)cc2)c1. The molecule has 0 unspecified atom stereocenters. The quantitative estimate of drug-likeness (QED) is 0.701. The average molecular weight is 365 g/mol. The smallest absolute Gasteiger partial charge is 0.248 e. The van der Waals surface area contributed by atoms with Gasteiger partial charge in [0.25, 0.3) is 0 Å². The molecule has 0 radical (unpaired) electrons. The molecule has 142 valence electrons. The molecule has 1 saturated heterocycles. The monoisotopic (exact) mass is 365 g/mol. The predicted octanol–water partition coefficient (Wildman–Crippen LogP) is 3.66. The Hall–Kier alpha value is -2.66. The zero-order chi connectivity index (χ0) is 19.1. The molecule has 5 heteroatoms. The van der Waals surface area contributed by atoms with Crippen LogP contribution in [0.1, 0.15) is 42.5 Å². The molecule has 1 fully saturated rings. The van der Waals surface area contributed by atoms with Crippen molar-refractivity contribution < 1.29 is 9.59 Å². The van der Waals surface area contributed by atoms with Crippen LogP contribution in [0.4, 0.5) is 5.69 Å². The summed E-state index contributed by atoms with van der Waals surface area (Å²) in [5.74, 6) is -0.384. The largest absolute Gasteiger partial charge is 0.366 e. The van der Waals surface area contributed by atoms with Crippen molar-refractivity contribution >= 4 is 17.5 Å². The summed E-state index contributed by atoms with van der Waals surface area (Å²) >= 11 is 0. The van der Waals surface area contributed by atoms with Gasteiger partial charge in [0, 0.05) is 17.7 Å². The van der Waals surface area contributed by atoms with Gasteiger partial charge in [-0.05, 0) is 80.7 Å². The Bertz CT molecular complexity index is 780. The van der Waals surface area contributed by atoms with Gasteiger partial charge in [0.15, 0.2) is 0 Å². The number of nitrogens with zero attached hydrogens (tertiary/aromatic N) is 1. The zero-order valence-corrected chi connectivity index (χ0v) is 15.6. The normalized spacial score (nSPS) is 14.2. The molecule has 2 amide bonds. The second-order valence-corrected chi connectivity index (χ2v) is 7.08. The van der Waals surface area contributed by atoms with Crippen LogP contribution in [0.25, 0.3) is 11.1 Å². The summed E-state index contributed by atoms with van der Waals surface area (Å²) in [6, 6.07) is 14.9. The Morgan fingerprint density at radius 2 is 1.70 bits per heavy atom. The summed E-state index contributed by atoms with van der Waals surface area (Å²) in [5, 5.41) is 2.95.